The summed E-state index contributed by atoms with van der Waals surface area (Å²) < 4.78 is 0. The summed E-state index contributed by atoms with van der Waals surface area (Å²) in [4.78, 5) is 22.6. The molecule has 0 amide bonds. The molecule has 158 valence electrons. The van der Waals surface area contributed by atoms with E-state index >= 15 is 0 Å². The molecule has 0 spiro atoms. The second kappa shape index (κ2) is 18.2. The van der Waals surface area contributed by atoms with Crippen molar-refractivity contribution in [2.75, 3.05) is 0 Å². The Morgan fingerprint density at radius 3 is 1.85 bits per heavy atom. The molecule has 2 atom stereocenters. The molecular weight excluding hydrogens is 338 g/mol. The minimum absolute atomic E-state index is 0.136. The minimum Gasteiger partial charge on any atom is -0.480 e. The number of unbranched alkanes of at least 4 members (excludes halogenated alkanes) is 11. The van der Waals surface area contributed by atoms with E-state index in [1.165, 1.54) is 70.6 Å². The second-order valence-corrected chi connectivity index (χ2v) is 7.92. The van der Waals surface area contributed by atoms with Crippen LogP contribution in [0, 0.1) is 5.92 Å². The molecule has 0 aromatic carbocycles. The third-order valence-electron chi connectivity index (χ3n) is 5.17. The van der Waals surface area contributed by atoms with Crippen molar-refractivity contribution in [2.24, 2.45) is 11.7 Å². The smallest absolute Gasteiger partial charge is 0.320 e. The lowest BCUT2D eigenvalue weighted by Gasteiger charge is -2.14. The van der Waals surface area contributed by atoms with Crippen molar-refractivity contribution in [3.8, 4) is 0 Å². The molecule has 0 heterocycles. The number of carboxylic acids is 1. The monoisotopic (exact) mass is 381 g/mol. The van der Waals surface area contributed by atoms with E-state index in [0.29, 0.717) is 6.42 Å². The van der Waals surface area contributed by atoms with Gasteiger partial charge in [0, 0.05) is 12.8 Å². The summed E-state index contributed by atoms with van der Waals surface area (Å²) in [5, 5.41) is 8.84. The van der Waals surface area contributed by atoms with Crippen molar-refractivity contribution in [3.05, 3.63) is 12.2 Å². The van der Waals surface area contributed by atoms with Crippen LogP contribution in [0.5, 0.6) is 0 Å². The molecule has 0 aromatic heterocycles. The maximum absolute atomic E-state index is 11.9. The van der Waals surface area contributed by atoms with Gasteiger partial charge in [0.1, 0.15) is 11.8 Å². The lowest BCUT2D eigenvalue weighted by atomic mass is 9.94. The van der Waals surface area contributed by atoms with Gasteiger partial charge in [0.2, 0.25) is 0 Å². The zero-order valence-electron chi connectivity index (χ0n) is 17.8. The SMILES string of the molecule is CCCCCCCCC=CCCCCCCCC(=O)CC(C)[C@H](N)C(=O)O. The lowest BCUT2D eigenvalue weighted by Crippen LogP contribution is -2.37. The molecule has 0 fully saturated rings. The van der Waals surface area contributed by atoms with Gasteiger partial charge in [-0.3, -0.25) is 9.59 Å². The second-order valence-electron chi connectivity index (χ2n) is 7.92. The van der Waals surface area contributed by atoms with Crippen LogP contribution in [0.4, 0.5) is 0 Å². The Kier molecular flexibility index (Phi) is 17.4. The maximum Gasteiger partial charge on any atom is 0.320 e. The van der Waals surface area contributed by atoms with Crippen LogP contribution >= 0.6 is 0 Å². The van der Waals surface area contributed by atoms with Gasteiger partial charge in [-0.1, -0.05) is 77.4 Å². The van der Waals surface area contributed by atoms with Gasteiger partial charge in [-0.25, -0.2) is 0 Å². The van der Waals surface area contributed by atoms with Crippen molar-refractivity contribution >= 4 is 11.8 Å². The zero-order valence-corrected chi connectivity index (χ0v) is 17.8. The average molecular weight is 382 g/mol. The standard InChI is InChI=1S/C23H43NO3/c1-3-4-5-6-7-8-9-10-11-12-13-14-15-16-17-18-21(25)19-20(2)22(24)23(26)27/h10-11,20,22H,3-9,12-19,24H2,1-2H3,(H,26,27)/t20?,22-/m0/s1. The van der Waals surface area contributed by atoms with Crippen LogP contribution in [-0.4, -0.2) is 22.9 Å². The third kappa shape index (κ3) is 16.7. The maximum atomic E-state index is 11.9. The van der Waals surface area contributed by atoms with Crippen molar-refractivity contribution in [1.29, 1.82) is 0 Å². The van der Waals surface area contributed by atoms with E-state index in [1.54, 1.807) is 6.92 Å². The highest BCUT2D eigenvalue weighted by Gasteiger charge is 2.21. The van der Waals surface area contributed by atoms with Gasteiger partial charge < -0.3 is 10.8 Å². The summed E-state index contributed by atoms with van der Waals surface area (Å²) in [5.74, 6) is -1.19. The Bertz CT molecular complexity index is 406. The molecule has 0 saturated heterocycles. The van der Waals surface area contributed by atoms with Crippen molar-refractivity contribution in [2.45, 2.75) is 116 Å². The first-order valence-electron chi connectivity index (χ1n) is 11.1. The largest absolute Gasteiger partial charge is 0.480 e. The van der Waals surface area contributed by atoms with E-state index in [0.717, 1.165) is 12.8 Å². The van der Waals surface area contributed by atoms with E-state index in [1.807, 2.05) is 0 Å². The highest BCUT2D eigenvalue weighted by molar-refractivity contribution is 5.80. The molecule has 0 aliphatic rings. The van der Waals surface area contributed by atoms with Crippen LogP contribution in [-0.2, 0) is 9.59 Å². The van der Waals surface area contributed by atoms with Crippen LogP contribution in [0.15, 0.2) is 12.2 Å². The van der Waals surface area contributed by atoms with Crippen LogP contribution < -0.4 is 5.73 Å². The van der Waals surface area contributed by atoms with Gasteiger partial charge in [-0.15, -0.1) is 0 Å². The summed E-state index contributed by atoms with van der Waals surface area (Å²) in [6, 6.07) is -0.942. The van der Waals surface area contributed by atoms with Crippen LogP contribution in [0.1, 0.15) is 110 Å². The number of rotatable bonds is 19. The topological polar surface area (TPSA) is 80.4 Å². The van der Waals surface area contributed by atoms with Gasteiger partial charge in [0.15, 0.2) is 0 Å². The molecule has 0 radical (unpaired) electrons. The van der Waals surface area contributed by atoms with Gasteiger partial charge in [0.05, 0.1) is 0 Å². The summed E-state index contributed by atoms with van der Waals surface area (Å²) in [5.41, 5.74) is 5.54. The number of ketones is 1. The van der Waals surface area contributed by atoms with Crippen molar-refractivity contribution in [3.63, 3.8) is 0 Å². The number of hydrogen-bond acceptors (Lipinski definition) is 3. The zero-order chi connectivity index (χ0) is 20.3. The Balaban J connectivity index is 3.40. The van der Waals surface area contributed by atoms with Crippen LogP contribution in [0.2, 0.25) is 0 Å². The number of carboxylic acid groups (broad SMARTS) is 1. The molecule has 27 heavy (non-hydrogen) atoms. The summed E-state index contributed by atoms with van der Waals surface area (Å²) in [6.45, 7) is 3.99. The number of nitrogens with two attached hydrogens (primary N) is 1. The molecule has 0 aliphatic heterocycles. The van der Waals surface area contributed by atoms with Crippen molar-refractivity contribution < 1.29 is 14.7 Å². The molecule has 0 rings (SSSR count). The van der Waals surface area contributed by atoms with E-state index in [4.69, 9.17) is 10.8 Å². The third-order valence-corrected chi connectivity index (χ3v) is 5.17. The summed E-state index contributed by atoms with van der Waals surface area (Å²) in [6.07, 6.45) is 21.6. The molecular formula is C23H43NO3. The van der Waals surface area contributed by atoms with E-state index in [2.05, 4.69) is 19.1 Å². The van der Waals surface area contributed by atoms with Crippen LogP contribution in [0.3, 0.4) is 0 Å². The quantitative estimate of drug-likeness (QED) is 0.211. The number of aliphatic carboxylic acids is 1. The normalized spacial score (nSPS) is 13.7. The first-order valence-corrected chi connectivity index (χ1v) is 11.1. The molecule has 3 N–H and O–H groups in total. The number of carbonyl (C=O) groups is 2. The van der Waals surface area contributed by atoms with Gasteiger partial charge >= 0.3 is 5.97 Å². The Labute approximate surface area is 167 Å². The lowest BCUT2D eigenvalue weighted by molar-refractivity contribution is -0.139. The molecule has 0 aliphatic carbocycles. The van der Waals surface area contributed by atoms with Gasteiger partial charge in [0.25, 0.3) is 0 Å². The molecule has 0 saturated carbocycles. The molecule has 0 bridgehead atoms. The Hall–Kier alpha value is -1.16. The number of carbonyl (C=O) groups excluding carboxylic acids is 1. The van der Waals surface area contributed by atoms with E-state index in [9.17, 15) is 9.59 Å². The number of allylic oxidation sites excluding steroid dienone is 2. The van der Waals surface area contributed by atoms with Gasteiger partial charge in [-0.05, 0) is 38.0 Å². The number of Topliss-reactive ketones (excluding diaryl/α,β-unsaturated/α-hetero) is 1. The molecule has 4 nitrogen and oxygen atoms in total. The molecule has 1 unspecified atom stereocenters. The average Bonchev–Trinajstić information content (AvgIpc) is 2.64. The Morgan fingerprint density at radius 1 is 0.852 bits per heavy atom. The van der Waals surface area contributed by atoms with Gasteiger partial charge in [-0.2, -0.15) is 0 Å². The predicted molar refractivity (Wildman–Crippen MR) is 114 cm³/mol. The number of hydrogen-bond donors (Lipinski definition) is 2. The van der Waals surface area contributed by atoms with Crippen LogP contribution in [0.25, 0.3) is 0 Å². The fraction of sp³-hybridized carbons (Fsp3) is 0.826. The van der Waals surface area contributed by atoms with E-state index in [-0.39, 0.29) is 18.1 Å². The fourth-order valence-corrected chi connectivity index (χ4v) is 3.22. The highest BCUT2D eigenvalue weighted by Crippen LogP contribution is 2.13. The first kappa shape index (κ1) is 25.8. The summed E-state index contributed by atoms with van der Waals surface area (Å²) >= 11 is 0. The molecule has 0 aromatic rings. The summed E-state index contributed by atoms with van der Waals surface area (Å²) in [7, 11) is 0. The predicted octanol–water partition coefficient (Wildman–Crippen LogP) is 6.03. The first-order chi connectivity index (χ1) is 13.0. The highest BCUT2D eigenvalue weighted by atomic mass is 16.4. The molecule has 4 heteroatoms. The minimum atomic E-state index is -1.03. The van der Waals surface area contributed by atoms with Crippen molar-refractivity contribution in [1.82, 2.24) is 0 Å². The van der Waals surface area contributed by atoms with E-state index < -0.39 is 12.0 Å². The fourth-order valence-electron chi connectivity index (χ4n) is 3.22. The Morgan fingerprint density at radius 2 is 1.33 bits per heavy atom.